The summed E-state index contributed by atoms with van der Waals surface area (Å²) in [5.74, 6) is 2.93. The van der Waals surface area contributed by atoms with Crippen LogP contribution in [-0.2, 0) is 25.7 Å². The Morgan fingerprint density at radius 3 is 1.41 bits per heavy atom. The van der Waals surface area contributed by atoms with Gasteiger partial charge in [0, 0.05) is 0 Å². The number of aryl methyl sites for hydroxylation is 2. The summed E-state index contributed by atoms with van der Waals surface area (Å²) in [6, 6.07) is 14.0. The molecule has 0 bridgehead atoms. The van der Waals surface area contributed by atoms with Crippen LogP contribution in [0.1, 0.15) is 103 Å². The highest BCUT2D eigenvalue weighted by Gasteiger charge is 2.21. The summed E-state index contributed by atoms with van der Waals surface area (Å²) in [6.07, 6.45) is 9.97. The summed E-state index contributed by atoms with van der Waals surface area (Å²) >= 11 is 0. The van der Waals surface area contributed by atoms with E-state index in [0.717, 1.165) is 23.7 Å². The molecule has 0 atom stereocenters. The van der Waals surface area contributed by atoms with Crippen LogP contribution in [0.2, 0.25) is 0 Å². The lowest BCUT2D eigenvalue weighted by molar-refractivity contribution is 0.556. The van der Waals surface area contributed by atoms with Gasteiger partial charge in [0.05, 0.1) is 0 Å². The van der Waals surface area contributed by atoms with E-state index in [1.165, 1.54) is 62.1 Å². The summed E-state index contributed by atoms with van der Waals surface area (Å²) in [5.41, 5.74) is 6.78. The van der Waals surface area contributed by atoms with Crippen LogP contribution in [0.15, 0.2) is 36.4 Å². The Morgan fingerprint density at radius 1 is 0.441 bits per heavy atom. The fourth-order valence-electron chi connectivity index (χ4n) is 5.42. The SMILES string of the molecule is CC(C)CCc1c(CCC(C)C)c(CCC(C)C)c2c(ccc3ccccc32)c1CCC(C)C. The van der Waals surface area contributed by atoms with Crippen molar-refractivity contribution in [2.24, 2.45) is 23.7 Å². The van der Waals surface area contributed by atoms with Gasteiger partial charge in [-0.05, 0) is 119 Å². The third kappa shape index (κ3) is 6.65. The highest BCUT2D eigenvalue weighted by Crippen LogP contribution is 2.39. The molecular weight excluding hydrogens is 408 g/mol. The van der Waals surface area contributed by atoms with Crippen LogP contribution in [0.25, 0.3) is 21.5 Å². The summed E-state index contributed by atoms with van der Waals surface area (Å²) in [7, 11) is 0. The molecule has 0 heteroatoms. The van der Waals surface area contributed by atoms with E-state index in [1.807, 2.05) is 0 Å². The number of rotatable bonds is 12. The van der Waals surface area contributed by atoms with Crippen LogP contribution in [0.5, 0.6) is 0 Å². The molecule has 0 spiro atoms. The van der Waals surface area contributed by atoms with Crippen LogP contribution >= 0.6 is 0 Å². The minimum Gasteiger partial charge on any atom is -0.0628 e. The van der Waals surface area contributed by atoms with Crippen molar-refractivity contribution >= 4 is 21.5 Å². The van der Waals surface area contributed by atoms with E-state index in [1.54, 1.807) is 33.0 Å². The zero-order valence-corrected chi connectivity index (χ0v) is 23.4. The zero-order valence-electron chi connectivity index (χ0n) is 23.4. The number of hydrogen-bond donors (Lipinski definition) is 0. The van der Waals surface area contributed by atoms with Crippen LogP contribution in [0.4, 0.5) is 0 Å². The maximum absolute atomic E-state index is 2.47. The molecule has 0 amide bonds. The third-order valence-corrected chi connectivity index (χ3v) is 7.54. The first-order valence-corrected chi connectivity index (χ1v) is 14.2. The first kappa shape index (κ1) is 26.8. The Hall–Kier alpha value is -1.82. The van der Waals surface area contributed by atoms with E-state index >= 15 is 0 Å². The Bertz CT molecular complexity index is 1060. The molecule has 3 aromatic rings. The summed E-state index contributed by atoms with van der Waals surface area (Å²) in [6.45, 7) is 19.1. The quantitative estimate of drug-likeness (QED) is 0.237. The molecule has 0 fully saturated rings. The molecule has 0 nitrogen and oxygen atoms in total. The van der Waals surface area contributed by atoms with Gasteiger partial charge in [0.15, 0.2) is 0 Å². The second kappa shape index (κ2) is 12.2. The first-order chi connectivity index (χ1) is 16.2. The molecule has 3 rings (SSSR count). The monoisotopic (exact) mass is 458 g/mol. The van der Waals surface area contributed by atoms with Crippen LogP contribution in [0.3, 0.4) is 0 Å². The summed E-state index contributed by atoms with van der Waals surface area (Å²) in [4.78, 5) is 0. The van der Waals surface area contributed by atoms with E-state index < -0.39 is 0 Å². The molecular formula is C34H50. The largest absolute Gasteiger partial charge is 0.0628 e. The molecule has 0 saturated heterocycles. The van der Waals surface area contributed by atoms with E-state index in [2.05, 4.69) is 91.8 Å². The minimum absolute atomic E-state index is 0.725. The van der Waals surface area contributed by atoms with Gasteiger partial charge in [-0.3, -0.25) is 0 Å². The summed E-state index contributed by atoms with van der Waals surface area (Å²) in [5, 5.41) is 5.97. The van der Waals surface area contributed by atoms with Crippen molar-refractivity contribution in [2.75, 3.05) is 0 Å². The Balaban J connectivity index is 2.39. The predicted octanol–water partition coefficient (Wildman–Crippen LogP) is 10.3. The van der Waals surface area contributed by atoms with Crippen molar-refractivity contribution in [3.8, 4) is 0 Å². The molecule has 3 aromatic carbocycles. The molecule has 186 valence electrons. The lowest BCUT2D eigenvalue weighted by Gasteiger charge is -2.26. The van der Waals surface area contributed by atoms with Gasteiger partial charge in [-0.1, -0.05) is 91.8 Å². The molecule has 0 aliphatic heterocycles. The maximum Gasteiger partial charge on any atom is -0.00676 e. The maximum atomic E-state index is 2.47. The number of fused-ring (bicyclic) bond motifs is 3. The molecule has 0 saturated carbocycles. The molecule has 0 aliphatic carbocycles. The first-order valence-electron chi connectivity index (χ1n) is 14.2. The topological polar surface area (TPSA) is 0 Å². The Kier molecular flexibility index (Phi) is 9.64. The van der Waals surface area contributed by atoms with E-state index in [4.69, 9.17) is 0 Å². The lowest BCUT2D eigenvalue weighted by Crippen LogP contribution is -2.11. The second-order valence-corrected chi connectivity index (χ2v) is 12.4. The number of hydrogen-bond acceptors (Lipinski definition) is 0. The second-order valence-electron chi connectivity index (χ2n) is 12.4. The minimum atomic E-state index is 0.725. The molecule has 34 heavy (non-hydrogen) atoms. The van der Waals surface area contributed by atoms with Gasteiger partial charge in [0.1, 0.15) is 0 Å². The fourth-order valence-corrected chi connectivity index (χ4v) is 5.42. The highest BCUT2D eigenvalue weighted by atomic mass is 14.3. The zero-order chi connectivity index (χ0) is 24.8. The normalized spacial score (nSPS) is 12.4. The molecule has 0 unspecified atom stereocenters. The standard InChI is InChI=1S/C34H50/c1-23(2)13-18-29-30(19-14-24(3)4)32(21-16-26(7)8)34-28-12-10-9-11-27(28)17-22-33(34)31(29)20-15-25(5)6/h9-12,17,22-26H,13-16,18-21H2,1-8H3. The Morgan fingerprint density at radius 2 is 0.882 bits per heavy atom. The van der Waals surface area contributed by atoms with Gasteiger partial charge in [-0.15, -0.1) is 0 Å². The van der Waals surface area contributed by atoms with Crippen molar-refractivity contribution in [2.45, 2.75) is 107 Å². The van der Waals surface area contributed by atoms with Gasteiger partial charge >= 0.3 is 0 Å². The average molecular weight is 459 g/mol. The van der Waals surface area contributed by atoms with Gasteiger partial charge in [-0.25, -0.2) is 0 Å². The van der Waals surface area contributed by atoms with Crippen LogP contribution in [-0.4, -0.2) is 0 Å². The third-order valence-electron chi connectivity index (χ3n) is 7.54. The van der Waals surface area contributed by atoms with Crippen molar-refractivity contribution in [3.63, 3.8) is 0 Å². The number of benzene rings is 3. The smallest absolute Gasteiger partial charge is 0.00676 e. The molecule has 0 radical (unpaired) electrons. The van der Waals surface area contributed by atoms with E-state index in [9.17, 15) is 0 Å². The molecule has 0 aromatic heterocycles. The molecule has 0 N–H and O–H groups in total. The van der Waals surface area contributed by atoms with E-state index in [-0.39, 0.29) is 0 Å². The van der Waals surface area contributed by atoms with Gasteiger partial charge < -0.3 is 0 Å². The molecule has 0 aliphatic rings. The average Bonchev–Trinajstić information content (AvgIpc) is 2.78. The Labute approximate surface area is 210 Å². The highest BCUT2D eigenvalue weighted by molar-refractivity contribution is 6.11. The predicted molar refractivity (Wildman–Crippen MR) is 154 cm³/mol. The van der Waals surface area contributed by atoms with Gasteiger partial charge in [-0.2, -0.15) is 0 Å². The van der Waals surface area contributed by atoms with Gasteiger partial charge in [0.2, 0.25) is 0 Å². The summed E-state index contributed by atoms with van der Waals surface area (Å²) < 4.78 is 0. The van der Waals surface area contributed by atoms with Crippen molar-refractivity contribution in [1.29, 1.82) is 0 Å². The fraction of sp³-hybridized carbons (Fsp3) is 0.588. The van der Waals surface area contributed by atoms with Crippen molar-refractivity contribution < 1.29 is 0 Å². The van der Waals surface area contributed by atoms with Crippen LogP contribution < -0.4 is 0 Å². The van der Waals surface area contributed by atoms with Crippen LogP contribution in [0, 0.1) is 23.7 Å². The van der Waals surface area contributed by atoms with Crippen molar-refractivity contribution in [3.05, 3.63) is 58.7 Å². The van der Waals surface area contributed by atoms with Crippen molar-refractivity contribution in [1.82, 2.24) is 0 Å². The van der Waals surface area contributed by atoms with Gasteiger partial charge in [0.25, 0.3) is 0 Å². The lowest BCUT2D eigenvalue weighted by atomic mass is 9.79. The van der Waals surface area contributed by atoms with E-state index in [0.29, 0.717) is 0 Å². The molecule has 0 heterocycles.